The summed E-state index contributed by atoms with van der Waals surface area (Å²) in [6.07, 6.45) is 4.19. The highest BCUT2D eigenvalue weighted by atomic mass is 35.5. The molecule has 2 aromatic heterocycles. The number of aromatic nitrogens is 2. The normalized spacial score (nSPS) is 16.2. The molecule has 0 aliphatic carbocycles. The average molecular weight is 459 g/mol. The molecule has 0 radical (unpaired) electrons. The molecule has 31 heavy (non-hydrogen) atoms. The van der Waals surface area contributed by atoms with Crippen LogP contribution in [0.15, 0.2) is 42.6 Å². The van der Waals surface area contributed by atoms with Crippen molar-refractivity contribution < 1.29 is 4.21 Å². The van der Waals surface area contributed by atoms with Crippen LogP contribution in [0.1, 0.15) is 25.8 Å². The molecule has 4 rings (SSSR count). The summed E-state index contributed by atoms with van der Waals surface area (Å²) < 4.78 is 13.9. The van der Waals surface area contributed by atoms with Gasteiger partial charge >= 0.3 is 0 Å². The molecule has 1 aliphatic rings. The Morgan fingerprint density at radius 1 is 1.16 bits per heavy atom. The van der Waals surface area contributed by atoms with Crippen molar-refractivity contribution in [3.63, 3.8) is 0 Å². The monoisotopic (exact) mass is 458 g/mol. The molecule has 1 saturated heterocycles. The highest BCUT2D eigenvalue weighted by molar-refractivity contribution is 7.85. The Morgan fingerprint density at radius 2 is 1.90 bits per heavy atom. The van der Waals surface area contributed by atoms with Gasteiger partial charge in [0.25, 0.3) is 0 Å². The van der Waals surface area contributed by atoms with Crippen LogP contribution in [0.2, 0.25) is 5.15 Å². The van der Waals surface area contributed by atoms with Gasteiger partial charge in [-0.25, -0.2) is 4.98 Å². The van der Waals surface area contributed by atoms with E-state index in [1.165, 1.54) is 5.56 Å². The Labute approximate surface area is 192 Å². The first-order valence-electron chi connectivity index (χ1n) is 10.8. The van der Waals surface area contributed by atoms with Crippen molar-refractivity contribution in [3.05, 3.63) is 53.3 Å². The number of hydrogen-bond acceptors (Lipinski definition) is 4. The second kappa shape index (κ2) is 8.93. The van der Waals surface area contributed by atoms with E-state index in [2.05, 4.69) is 69.7 Å². The van der Waals surface area contributed by atoms with Gasteiger partial charge in [-0.05, 0) is 62.6 Å². The van der Waals surface area contributed by atoms with Gasteiger partial charge < -0.3 is 9.47 Å². The zero-order valence-corrected chi connectivity index (χ0v) is 20.3. The van der Waals surface area contributed by atoms with Gasteiger partial charge in [0.1, 0.15) is 10.8 Å². The number of benzene rings is 1. The van der Waals surface area contributed by atoms with Crippen molar-refractivity contribution >= 4 is 39.1 Å². The van der Waals surface area contributed by atoms with Gasteiger partial charge in [0, 0.05) is 78.0 Å². The fourth-order valence-electron chi connectivity index (χ4n) is 4.31. The molecule has 7 heteroatoms. The number of anilines is 1. The van der Waals surface area contributed by atoms with Crippen LogP contribution < -0.4 is 4.90 Å². The van der Waals surface area contributed by atoms with Crippen LogP contribution in [0.3, 0.4) is 0 Å². The maximum absolute atomic E-state index is 11.8. The molecule has 3 aromatic rings. The third-order valence-electron chi connectivity index (χ3n) is 6.36. The van der Waals surface area contributed by atoms with Crippen LogP contribution in [0.5, 0.6) is 0 Å². The molecule has 3 heterocycles. The number of fused-ring (bicyclic) bond motifs is 1. The molecular weight excluding hydrogens is 428 g/mol. The molecule has 166 valence electrons. The average Bonchev–Trinajstić information content (AvgIpc) is 3.10. The molecule has 0 atom stereocenters. The van der Waals surface area contributed by atoms with Crippen LogP contribution >= 0.6 is 11.6 Å². The molecular formula is C24H31ClN4OS. The zero-order chi connectivity index (χ0) is 22.2. The predicted molar refractivity (Wildman–Crippen MR) is 132 cm³/mol. The molecule has 0 amide bonds. The summed E-state index contributed by atoms with van der Waals surface area (Å²) >= 11 is 6.27. The van der Waals surface area contributed by atoms with Crippen molar-refractivity contribution in [3.8, 4) is 5.69 Å². The number of halogens is 1. The van der Waals surface area contributed by atoms with Gasteiger partial charge in [-0.2, -0.15) is 0 Å². The summed E-state index contributed by atoms with van der Waals surface area (Å²) in [7, 11) is 3.45. The number of pyridine rings is 1. The zero-order valence-electron chi connectivity index (χ0n) is 18.8. The summed E-state index contributed by atoms with van der Waals surface area (Å²) in [5.41, 5.74) is 4.46. The largest absolute Gasteiger partial charge is 0.378 e. The second-order valence-electron chi connectivity index (χ2n) is 9.09. The van der Waals surface area contributed by atoms with E-state index in [0.29, 0.717) is 5.15 Å². The molecule has 1 fully saturated rings. The summed E-state index contributed by atoms with van der Waals surface area (Å²) in [4.78, 5) is 9.25. The predicted octanol–water partition coefficient (Wildman–Crippen LogP) is 4.52. The number of hydrogen-bond donors (Lipinski definition) is 0. The van der Waals surface area contributed by atoms with Gasteiger partial charge in [-0.1, -0.05) is 17.7 Å². The Balaban J connectivity index is 1.65. The van der Waals surface area contributed by atoms with Crippen LogP contribution in [0.4, 0.5) is 5.69 Å². The van der Waals surface area contributed by atoms with Gasteiger partial charge in [-0.3, -0.25) is 9.11 Å². The van der Waals surface area contributed by atoms with Crippen LogP contribution in [0.25, 0.3) is 16.7 Å². The van der Waals surface area contributed by atoms with Crippen molar-refractivity contribution in [2.24, 2.45) is 0 Å². The lowest BCUT2D eigenvalue weighted by Crippen LogP contribution is -2.50. The fraction of sp³-hybridized carbons (Fsp3) is 0.458. The van der Waals surface area contributed by atoms with E-state index in [-0.39, 0.29) is 5.54 Å². The van der Waals surface area contributed by atoms with Gasteiger partial charge in [-0.15, -0.1) is 0 Å². The second-order valence-corrected chi connectivity index (χ2v) is 11.2. The van der Waals surface area contributed by atoms with E-state index in [4.69, 9.17) is 11.6 Å². The smallest absolute Gasteiger partial charge is 0.146 e. The van der Waals surface area contributed by atoms with Crippen LogP contribution in [0, 0.1) is 0 Å². The summed E-state index contributed by atoms with van der Waals surface area (Å²) in [5, 5.41) is 1.65. The Kier molecular flexibility index (Phi) is 6.42. The lowest BCUT2D eigenvalue weighted by Gasteiger charge is -2.40. The first-order chi connectivity index (χ1) is 14.7. The number of aryl methyl sites for hydroxylation is 1. The minimum Gasteiger partial charge on any atom is -0.378 e. The lowest BCUT2D eigenvalue weighted by atomic mass is 9.93. The topological polar surface area (TPSA) is 41.4 Å². The first-order valence-corrected chi connectivity index (χ1v) is 12.7. The third-order valence-corrected chi connectivity index (χ3v) is 7.85. The number of nitrogens with zero attached hydrogens (tertiary/aromatic N) is 4. The summed E-state index contributed by atoms with van der Waals surface area (Å²) in [6, 6.07) is 12.4. The fourth-order valence-corrected chi connectivity index (χ4v) is 5.50. The van der Waals surface area contributed by atoms with E-state index in [1.54, 1.807) is 0 Å². The molecule has 5 nitrogen and oxygen atoms in total. The minimum atomic E-state index is -0.649. The molecule has 0 N–H and O–H groups in total. The van der Waals surface area contributed by atoms with E-state index < -0.39 is 10.8 Å². The van der Waals surface area contributed by atoms with Crippen molar-refractivity contribution in [2.75, 3.05) is 43.6 Å². The van der Waals surface area contributed by atoms with Crippen molar-refractivity contribution in [2.45, 2.75) is 32.2 Å². The minimum absolute atomic E-state index is 0.0593. The quantitative estimate of drug-likeness (QED) is 0.509. The summed E-state index contributed by atoms with van der Waals surface area (Å²) in [6.45, 7) is 6.43. The third kappa shape index (κ3) is 4.81. The Bertz CT molecular complexity index is 1100. The van der Waals surface area contributed by atoms with Crippen molar-refractivity contribution in [1.29, 1.82) is 0 Å². The van der Waals surface area contributed by atoms with Crippen LogP contribution in [-0.4, -0.2) is 62.9 Å². The van der Waals surface area contributed by atoms with Crippen LogP contribution in [-0.2, 0) is 17.2 Å². The molecule has 1 aliphatic heterocycles. The van der Waals surface area contributed by atoms with Gasteiger partial charge in [0.2, 0.25) is 0 Å². The van der Waals surface area contributed by atoms with E-state index >= 15 is 0 Å². The van der Waals surface area contributed by atoms with E-state index in [0.717, 1.165) is 59.8 Å². The molecule has 0 bridgehead atoms. The highest BCUT2D eigenvalue weighted by Crippen LogP contribution is 2.30. The standard InChI is InChI=1S/C24H31ClN4OS/c1-24(2,28-12-14-31(30)15-13-28)11-10-18-17-29(23-21(18)8-9-22(25)26-23)20-7-5-6-19(16-20)27(3)4/h5-9,16-17H,10-15H2,1-4H3. The lowest BCUT2D eigenvalue weighted by molar-refractivity contribution is 0.124. The van der Waals surface area contributed by atoms with E-state index in [9.17, 15) is 4.21 Å². The van der Waals surface area contributed by atoms with Gasteiger partial charge in [0.05, 0.1) is 0 Å². The maximum atomic E-state index is 11.8. The van der Waals surface area contributed by atoms with E-state index in [1.807, 2.05) is 20.2 Å². The maximum Gasteiger partial charge on any atom is 0.146 e. The Hall–Kier alpha value is -1.89. The Morgan fingerprint density at radius 3 is 2.61 bits per heavy atom. The molecule has 0 spiro atoms. The summed E-state index contributed by atoms with van der Waals surface area (Å²) in [5.74, 6) is 1.57. The SMILES string of the molecule is CN(C)c1cccc(-n2cc(CCC(C)(C)N3CCS(=O)CC3)c3ccc(Cl)nc32)c1. The first kappa shape index (κ1) is 22.3. The highest BCUT2D eigenvalue weighted by Gasteiger charge is 2.29. The van der Waals surface area contributed by atoms with Crippen molar-refractivity contribution in [1.82, 2.24) is 14.5 Å². The molecule has 0 unspecified atom stereocenters. The molecule has 0 saturated carbocycles. The number of rotatable bonds is 6. The van der Waals surface area contributed by atoms with Gasteiger partial charge in [0.15, 0.2) is 0 Å². The molecule has 1 aromatic carbocycles.